The largest absolute Gasteiger partial charge is 0.434 e. The molecule has 2 aliphatic heterocycles. The van der Waals surface area contributed by atoms with Gasteiger partial charge in [0.25, 0.3) is 6.10 Å². The number of alkyl halides is 6. The quantitative estimate of drug-likeness (QED) is 0.687. The molecule has 1 aromatic heterocycles. The van der Waals surface area contributed by atoms with Crippen LogP contribution in [0.25, 0.3) is 0 Å². The summed E-state index contributed by atoms with van der Waals surface area (Å²) in [7, 11) is 0. The first-order valence-electron chi connectivity index (χ1n) is 9.20. The van der Waals surface area contributed by atoms with Gasteiger partial charge >= 0.3 is 18.4 Å². The van der Waals surface area contributed by atoms with Crippen LogP contribution in [0.2, 0.25) is 0 Å². The van der Waals surface area contributed by atoms with E-state index in [0.717, 1.165) is 30.1 Å². The Morgan fingerprint density at radius 3 is 2.24 bits per heavy atom. The van der Waals surface area contributed by atoms with Crippen LogP contribution in [0.1, 0.15) is 25.0 Å². The van der Waals surface area contributed by atoms with Gasteiger partial charge in [0.05, 0.1) is 5.69 Å². The van der Waals surface area contributed by atoms with Crippen LogP contribution in [-0.2, 0) is 11.3 Å². The Hall–Kier alpha value is -2.04. The molecule has 0 saturated carbocycles. The Bertz CT molecular complexity index is 688. The van der Waals surface area contributed by atoms with Gasteiger partial charge in [-0.3, -0.25) is 9.88 Å². The molecule has 2 saturated heterocycles. The van der Waals surface area contributed by atoms with Crippen LogP contribution in [0.3, 0.4) is 0 Å². The second kappa shape index (κ2) is 8.00. The first-order valence-corrected chi connectivity index (χ1v) is 9.20. The molecule has 5 nitrogen and oxygen atoms in total. The van der Waals surface area contributed by atoms with Crippen molar-refractivity contribution >= 4 is 6.09 Å². The zero-order chi connectivity index (χ0) is 21.3. The van der Waals surface area contributed by atoms with Crippen molar-refractivity contribution in [2.24, 2.45) is 5.41 Å². The second-order valence-electron chi connectivity index (χ2n) is 7.62. The van der Waals surface area contributed by atoms with Gasteiger partial charge in [0.2, 0.25) is 0 Å². The van der Waals surface area contributed by atoms with E-state index in [1.807, 2.05) is 18.2 Å². The fourth-order valence-corrected chi connectivity index (χ4v) is 3.95. The molecule has 3 heterocycles. The van der Waals surface area contributed by atoms with E-state index in [4.69, 9.17) is 0 Å². The fourth-order valence-electron chi connectivity index (χ4n) is 3.95. The van der Waals surface area contributed by atoms with Crippen LogP contribution in [-0.4, -0.2) is 65.5 Å². The number of pyridine rings is 1. The molecule has 11 heteroatoms. The van der Waals surface area contributed by atoms with Crippen molar-refractivity contribution in [3.05, 3.63) is 30.1 Å². The Kier molecular flexibility index (Phi) is 5.98. The van der Waals surface area contributed by atoms with Gasteiger partial charge in [-0.05, 0) is 43.4 Å². The topological polar surface area (TPSA) is 45.7 Å². The number of likely N-dealkylation sites (tertiary alicyclic amines) is 2. The molecule has 2 aliphatic rings. The van der Waals surface area contributed by atoms with Gasteiger partial charge in [0.1, 0.15) is 0 Å². The second-order valence-corrected chi connectivity index (χ2v) is 7.62. The van der Waals surface area contributed by atoms with Crippen molar-refractivity contribution in [1.82, 2.24) is 14.8 Å². The van der Waals surface area contributed by atoms with Gasteiger partial charge in [0.15, 0.2) is 0 Å². The molecule has 0 aromatic carbocycles. The number of rotatable bonds is 3. The van der Waals surface area contributed by atoms with E-state index in [-0.39, 0.29) is 18.5 Å². The zero-order valence-electron chi connectivity index (χ0n) is 15.5. The molecule has 1 aromatic rings. The average molecular weight is 425 g/mol. The summed E-state index contributed by atoms with van der Waals surface area (Å²) in [5, 5.41) is 0. The van der Waals surface area contributed by atoms with Crippen molar-refractivity contribution in [2.45, 2.75) is 44.3 Å². The number of halogens is 6. The van der Waals surface area contributed by atoms with Crippen LogP contribution in [0, 0.1) is 5.41 Å². The first-order chi connectivity index (χ1) is 13.5. The highest BCUT2D eigenvalue weighted by molar-refractivity contribution is 5.68. The van der Waals surface area contributed by atoms with Crippen molar-refractivity contribution in [3.63, 3.8) is 0 Å². The van der Waals surface area contributed by atoms with E-state index in [2.05, 4.69) is 14.6 Å². The van der Waals surface area contributed by atoms with Crippen molar-refractivity contribution in [1.29, 1.82) is 0 Å². The van der Waals surface area contributed by atoms with Gasteiger partial charge < -0.3 is 9.64 Å². The number of aromatic nitrogens is 1. The maximum absolute atomic E-state index is 12.6. The van der Waals surface area contributed by atoms with Gasteiger partial charge in [-0.1, -0.05) is 6.07 Å². The maximum Gasteiger partial charge on any atom is 0.434 e. The van der Waals surface area contributed by atoms with Crippen molar-refractivity contribution in [3.8, 4) is 0 Å². The molecule has 1 amide bonds. The number of amides is 1. The Balaban J connectivity index is 1.53. The summed E-state index contributed by atoms with van der Waals surface area (Å²) in [5.74, 6) is 0. The summed E-state index contributed by atoms with van der Waals surface area (Å²) >= 11 is 0. The number of hydrogen-bond acceptors (Lipinski definition) is 4. The van der Waals surface area contributed by atoms with Gasteiger partial charge in [-0.2, -0.15) is 26.3 Å². The SMILES string of the molecule is O=C(OC(C(F)(F)F)C(F)(F)F)N1CCC2(CCN(Cc3ccccn3)C2)CC1. The first kappa shape index (κ1) is 21.7. The summed E-state index contributed by atoms with van der Waals surface area (Å²) < 4.78 is 79.3. The molecule has 0 bridgehead atoms. The van der Waals surface area contributed by atoms with E-state index >= 15 is 0 Å². The molecule has 0 N–H and O–H groups in total. The highest BCUT2D eigenvalue weighted by Gasteiger charge is 2.60. The number of carbonyl (C=O) groups excluding carboxylic acids is 1. The molecule has 0 aliphatic carbocycles. The van der Waals surface area contributed by atoms with Crippen LogP contribution in [0.5, 0.6) is 0 Å². The number of hydrogen-bond donors (Lipinski definition) is 0. The molecule has 1 spiro atoms. The smallest absolute Gasteiger partial charge is 0.426 e. The molecule has 0 unspecified atom stereocenters. The molecular weight excluding hydrogens is 404 g/mol. The van der Waals surface area contributed by atoms with E-state index in [0.29, 0.717) is 19.4 Å². The summed E-state index contributed by atoms with van der Waals surface area (Å²) in [6.07, 6.45) is -13.5. The molecule has 0 radical (unpaired) electrons. The molecular formula is C18H21F6N3O2. The predicted molar refractivity (Wildman–Crippen MR) is 89.8 cm³/mol. The van der Waals surface area contributed by atoms with E-state index in [1.54, 1.807) is 6.20 Å². The minimum absolute atomic E-state index is 0.0681. The van der Waals surface area contributed by atoms with Crippen molar-refractivity contribution < 1.29 is 35.9 Å². The lowest BCUT2D eigenvalue weighted by atomic mass is 9.78. The van der Waals surface area contributed by atoms with Crippen molar-refractivity contribution in [2.75, 3.05) is 26.2 Å². The lowest BCUT2D eigenvalue weighted by molar-refractivity contribution is -0.308. The number of carbonyl (C=O) groups is 1. The van der Waals surface area contributed by atoms with E-state index in [9.17, 15) is 31.1 Å². The van der Waals surface area contributed by atoms with Gasteiger partial charge in [-0.25, -0.2) is 4.79 Å². The fraction of sp³-hybridized carbons (Fsp3) is 0.667. The Morgan fingerprint density at radius 2 is 1.69 bits per heavy atom. The van der Waals surface area contributed by atoms with Crippen LogP contribution in [0.4, 0.5) is 31.1 Å². The summed E-state index contributed by atoms with van der Waals surface area (Å²) in [4.78, 5) is 19.3. The van der Waals surface area contributed by atoms with E-state index in [1.165, 1.54) is 0 Å². The van der Waals surface area contributed by atoms with Crippen LogP contribution < -0.4 is 0 Å². The van der Waals surface area contributed by atoms with Crippen LogP contribution >= 0.6 is 0 Å². The number of piperidine rings is 1. The van der Waals surface area contributed by atoms with Gasteiger partial charge in [0, 0.05) is 32.4 Å². The molecule has 3 rings (SSSR count). The Labute approximate surface area is 163 Å². The number of ether oxygens (including phenoxy) is 1. The molecule has 2 fully saturated rings. The lowest BCUT2D eigenvalue weighted by Gasteiger charge is -2.39. The minimum Gasteiger partial charge on any atom is -0.426 e. The normalized spacial score (nSPS) is 20.4. The number of nitrogens with zero attached hydrogens (tertiary/aromatic N) is 3. The highest BCUT2D eigenvalue weighted by Crippen LogP contribution is 2.41. The lowest BCUT2D eigenvalue weighted by Crippen LogP contribution is -2.50. The molecule has 29 heavy (non-hydrogen) atoms. The highest BCUT2D eigenvalue weighted by atomic mass is 19.4. The third kappa shape index (κ3) is 5.31. The summed E-state index contributed by atoms with van der Waals surface area (Å²) in [6, 6.07) is 5.64. The standard InChI is InChI=1S/C18H21F6N3O2/c19-17(20,21)14(18(22,23)24)29-15(28)27-9-5-16(6-10-27)4-8-26(12-16)11-13-3-1-2-7-25-13/h1-3,7,14H,4-6,8-12H2. The van der Waals surface area contributed by atoms with Crippen LogP contribution in [0.15, 0.2) is 24.4 Å². The minimum atomic E-state index is -5.71. The third-order valence-corrected chi connectivity index (χ3v) is 5.52. The molecule has 162 valence electrons. The monoisotopic (exact) mass is 425 g/mol. The summed E-state index contributed by atoms with van der Waals surface area (Å²) in [5.41, 5.74) is 0.829. The predicted octanol–water partition coefficient (Wildman–Crippen LogP) is 4.00. The zero-order valence-corrected chi connectivity index (χ0v) is 15.5. The van der Waals surface area contributed by atoms with Gasteiger partial charge in [-0.15, -0.1) is 0 Å². The van der Waals surface area contributed by atoms with E-state index < -0.39 is 24.5 Å². The maximum atomic E-state index is 12.6. The summed E-state index contributed by atoms with van der Waals surface area (Å²) in [6.45, 7) is 2.38. The third-order valence-electron chi connectivity index (χ3n) is 5.52. The molecule has 0 atom stereocenters. The Morgan fingerprint density at radius 1 is 1.07 bits per heavy atom. The average Bonchev–Trinajstić information content (AvgIpc) is 3.01.